The monoisotopic (exact) mass is 429 g/mol. The summed E-state index contributed by atoms with van der Waals surface area (Å²) >= 11 is 0. The molecule has 0 atom stereocenters. The lowest BCUT2D eigenvalue weighted by atomic mass is 10.0. The Labute approximate surface area is 187 Å². The quantitative estimate of drug-likeness (QED) is 0.463. The Morgan fingerprint density at radius 1 is 1.06 bits per heavy atom. The van der Waals surface area contributed by atoms with Gasteiger partial charge in [0.1, 0.15) is 5.75 Å². The second kappa shape index (κ2) is 9.62. The number of rotatable bonds is 8. The van der Waals surface area contributed by atoms with Crippen LogP contribution in [0, 0.1) is 0 Å². The molecule has 4 aromatic rings. The first kappa shape index (κ1) is 21.5. The van der Waals surface area contributed by atoms with Crippen molar-refractivity contribution in [2.45, 2.75) is 13.1 Å². The van der Waals surface area contributed by atoms with Gasteiger partial charge in [-0.05, 0) is 67.2 Å². The summed E-state index contributed by atoms with van der Waals surface area (Å²) in [5, 5.41) is 8.51. The number of aromatic nitrogens is 3. The second-order valence-corrected chi connectivity index (χ2v) is 7.88. The summed E-state index contributed by atoms with van der Waals surface area (Å²) < 4.78 is 7.18. The van der Waals surface area contributed by atoms with E-state index >= 15 is 0 Å². The highest BCUT2D eigenvalue weighted by molar-refractivity contribution is 6.05. The SMILES string of the molecule is COc1cccc(CNC(=O)c2nn(CCN(C)C)c3cc(-c4ccncc4)ccc23)c1. The van der Waals surface area contributed by atoms with E-state index < -0.39 is 0 Å². The molecule has 2 heterocycles. The van der Waals surface area contributed by atoms with Gasteiger partial charge in [-0.25, -0.2) is 0 Å². The minimum atomic E-state index is -0.196. The largest absolute Gasteiger partial charge is 0.497 e. The molecular weight excluding hydrogens is 402 g/mol. The molecule has 7 nitrogen and oxygen atoms in total. The highest BCUT2D eigenvalue weighted by atomic mass is 16.5. The number of pyridine rings is 1. The number of amides is 1. The van der Waals surface area contributed by atoms with Crippen LogP contribution in [0.1, 0.15) is 16.1 Å². The van der Waals surface area contributed by atoms with Crippen LogP contribution in [0.15, 0.2) is 67.0 Å². The number of hydrogen-bond donors (Lipinski definition) is 1. The summed E-state index contributed by atoms with van der Waals surface area (Å²) in [6, 6.07) is 17.7. The number of benzene rings is 2. The zero-order chi connectivity index (χ0) is 22.5. The Hall–Kier alpha value is -3.71. The molecule has 1 amide bonds. The van der Waals surface area contributed by atoms with E-state index in [-0.39, 0.29) is 5.91 Å². The number of carbonyl (C=O) groups is 1. The van der Waals surface area contributed by atoms with Gasteiger partial charge in [0.15, 0.2) is 5.69 Å². The van der Waals surface area contributed by atoms with Gasteiger partial charge >= 0.3 is 0 Å². The number of carbonyl (C=O) groups excluding carboxylic acids is 1. The molecule has 32 heavy (non-hydrogen) atoms. The Bertz CT molecular complexity index is 1220. The fourth-order valence-electron chi connectivity index (χ4n) is 3.58. The summed E-state index contributed by atoms with van der Waals surface area (Å²) in [5.41, 5.74) is 4.48. The zero-order valence-electron chi connectivity index (χ0n) is 18.6. The molecule has 0 radical (unpaired) electrons. The van der Waals surface area contributed by atoms with Gasteiger partial charge in [0, 0.05) is 30.9 Å². The summed E-state index contributed by atoms with van der Waals surface area (Å²) in [6.07, 6.45) is 3.56. The first-order chi connectivity index (χ1) is 15.5. The van der Waals surface area contributed by atoms with E-state index in [0.717, 1.165) is 39.9 Å². The third-order valence-electron chi connectivity index (χ3n) is 5.33. The molecule has 0 unspecified atom stereocenters. The molecule has 0 aliphatic heterocycles. The van der Waals surface area contributed by atoms with E-state index in [1.807, 2.05) is 67.3 Å². The van der Waals surface area contributed by atoms with Crippen LogP contribution < -0.4 is 10.1 Å². The second-order valence-electron chi connectivity index (χ2n) is 7.88. The molecule has 0 fully saturated rings. The molecule has 7 heteroatoms. The molecule has 0 saturated carbocycles. The molecule has 4 rings (SSSR count). The zero-order valence-corrected chi connectivity index (χ0v) is 18.6. The fourth-order valence-corrected chi connectivity index (χ4v) is 3.58. The summed E-state index contributed by atoms with van der Waals surface area (Å²) in [6.45, 7) is 1.91. The standard InChI is InChI=1S/C25H27N5O2/c1-29(2)13-14-30-23-16-20(19-9-11-26-12-10-19)7-8-22(23)24(28-30)25(31)27-17-18-5-4-6-21(15-18)32-3/h4-12,15-16H,13-14,17H2,1-3H3,(H,27,31). The van der Waals surface area contributed by atoms with Gasteiger partial charge < -0.3 is 15.0 Å². The Kier molecular flexibility index (Phi) is 6.47. The predicted molar refractivity (Wildman–Crippen MR) is 126 cm³/mol. The van der Waals surface area contributed by atoms with Crippen molar-refractivity contribution in [3.63, 3.8) is 0 Å². The molecule has 0 spiro atoms. The average Bonchev–Trinajstić information content (AvgIpc) is 3.20. The van der Waals surface area contributed by atoms with Gasteiger partial charge in [0.2, 0.25) is 0 Å². The van der Waals surface area contributed by atoms with Crippen LogP contribution >= 0.6 is 0 Å². The van der Waals surface area contributed by atoms with Gasteiger partial charge in [-0.1, -0.05) is 18.2 Å². The van der Waals surface area contributed by atoms with Crippen molar-refractivity contribution in [2.75, 3.05) is 27.7 Å². The summed E-state index contributed by atoms with van der Waals surface area (Å²) in [7, 11) is 5.68. The lowest BCUT2D eigenvalue weighted by molar-refractivity contribution is 0.0946. The highest BCUT2D eigenvalue weighted by Gasteiger charge is 2.18. The summed E-state index contributed by atoms with van der Waals surface area (Å²) in [5.74, 6) is 0.567. The Morgan fingerprint density at radius 3 is 2.62 bits per heavy atom. The van der Waals surface area contributed by atoms with E-state index in [1.165, 1.54) is 0 Å². The van der Waals surface area contributed by atoms with Crippen molar-refractivity contribution in [3.8, 4) is 16.9 Å². The van der Waals surface area contributed by atoms with Crippen molar-refractivity contribution < 1.29 is 9.53 Å². The van der Waals surface area contributed by atoms with Gasteiger partial charge in [-0.2, -0.15) is 5.10 Å². The van der Waals surface area contributed by atoms with Crippen LogP contribution in [0.2, 0.25) is 0 Å². The van der Waals surface area contributed by atoms with Crippen molar-refractivity contribution in [1.29, 1.82) is 0 Å². The maximum atomic E-state index is 13.1. The first-order valence-electron chi connectivity index (χ1n) is 10.5. The van der Waals surface area contributed by atoms with E-state index in [0.29, 0.717) is 18.8 Å². The first-order valence-corrected chi connectivity index (χ1v) is 10.5. The van der Waals surface area contributed by atoms with Crippen LogP contribution in [0.5, 0.6) is 5.75 Å². The predicted octanol–water partition coefficient (Wildman–Crippen LogP) is 3.60. The number of methoxy groups -OCH3 is 1. The number of nitrogens with one attached hydrogen (secondary N) is 1. The van der Waals surface area contributed by atoms with Crippen molar-refractivity contribution in [2.24, 2.45) is 0 Å². The fraction of sp³-hybridized carbons (Fsp3) is 0.240. The van der Waals surface area contributed by atoms with Crippen LogP contribution in [0.3, 0.4) is 0 Å². The maximum absolute atomic E-state index is 13.1. The van der Waals surface area contributed by atoms with Crippen molar-refractivity contribution >= 4 is 16.8 Å². The molecule has 2 aromatic carbocycles. The topological polar surface area (TPSA) is 72.3 Å². The molecule has 0 saturated heterocycles. The molecule has 1 N–H and O–H groups in total. The van der Waals surface area contributed by atoms with Crippen molar-refractivity contribution in [3.05, 3.63) is 78.2 Å². The van der Waals surface area contributed by atoms with Gasteiger partial charge in [0.25, 0.3) is 5.91 Å². The van der Waals surface area contributed by atoms with E-state index in [1.54, 1.807) is 19.5 Å². The van der Waals surface area contributed by atoms with Crippen LogP contribution in [-0.2, 0) is 13.1 Å². The lowest BCUT2D eigenvalue weighted by Crippen LogP contribution is -2.24. The smallest absolute Gasteiger partial charge is 0.272 e. The number of ether oxygens (including phenoxy) is 1. The Balaban J connectivity index is 1.64. The average molecular weight is 430 g/mol. The molecular formula is C25H27N5O2. The van der Waals surface area contributed by atoms with E-state index in [4.69, 9.17) is 4.74 Å². The number of nitrogens with zero attached hydrogens (tertiary/aromatic N) is 4. The van der Waals surface area contributed by atoms with E-state index in [9.17, 15) is 4.79 Å². The molecule has 0 aliphatic rings. The van der Waals surface area contributed by atoms with Gasteiger partial charge in [0.05, 0.1) is 19.2 Å². The molecule has 0 aliphatic carbocycles. The van der Waals surface area contributed by atoms with Gasteiger partial charge in [-0.15, -0.1) is 0 Å². The maximum Gasteiger partial charge on any atom is 0.272 e. The van der Waals surface area contributed by atoms with Crippen LogP contribution in [0.4, 0.5) is 0 Å². The highest BCUT2D eigenvalue weighted by Crippen LogP contribution is 2.26. The third kappa shape index (κ3) is 4.78. The lowest BCUT2D eigenvalue weighted by Gasteiger charge is -2.10. The summed E-state index contributed by atoms with van der Waals surface area (Å²) in [4.78, 5) is 19.3. The van der Waals surface area contributed by atoms with Gasteiger partial charge in [-0.3, -0.25) is 14.5 Å². The van der Waals surface area contributed by atoms with Crippen molar-refractivity contribution in [1.82, 2.24) is 25.0 Å². The minimum absolute atomic E-state index is 0.196. The van der Waals surface area contributed by atoms with Crippen LogP contribution in [0.25, 0.3) is 22.0 Å². The molecule has 0 bridgehead atoms. The van der Waals surface area contributed by atoms with Crippen LogP contribution in [-0.4, -0.2) is 53.3 Å². The number of fused-ring (bicyclic) bond motifs is 1. The Morgan fingerprint density at radius 2 is 1.88 bits per heavy atom. The number of hydrogen-bond acceptors (Lipinski definition) is 5. The molecule has 2 aromatic heterocycles. The van der Waals surface area contributed by atoms with E-state index in [2.05, 4.69) is 26.4 Å². The number of likely N-dealkylation sites (N-methyl/N-ethyl adjacent to an activating group) is 1. The minimum Gasteiger partial charge on any atom is -0.497 e. The normalized spacial score (nSPS) is 11.1. The molecule has 164 valence electrons. The third-order valence-corrected chi connectivity index (χ3v) is 5.33.